The van der Waals surface area contributed by atoms with Crippen molar-refractivity contribution in [3.8, 4) is 0 Å². The fourth-order valence-corrected chi connectivity index (χ4v) is 2.86. The quantitative estimate of drug-likeness (QED) is 0.661. The van der Waals surface area contributed by atoms with Crippen molar-refractivity contribution in [2.45, 2.75) is 20.0 Å². The molecule has 1 atom stereocenters. The Kier molecular flexibility index (Phi) is 7.48. The van der Waals surface area contributed by atoms with Crippen molar-refractivity contribution in [2.75, 3.05) is 11.9 Å². The number of hydrogen-bond donors (Lipinski definition) is 2. The smallest absolute Gasteiger partial charge is 0.321 e. The number of hydrogen-bond acceptors (Lipinski definition) is 5. The zero-order chi connectivity index (χ0) is 20.6. The second-order valence-electron chi connectivity index (χ2n) is 6.07. The van der Waals surface area contributed by atoms with Gasteiger partial charge >= 0.3 is 5.97 Å². The lowest BCUT2D eigenvalue weighted by Crippen LogP contribution is -2.35. The number of anilines is 1. The normalized spacial score (nSPS) is 12.5. The Morgan fingerprint density at radius 2 is 1.71 bits per heavy atom. The molecule has 0 radical (unpaired) electrons. The topological polar surface area (TPSA) is 102 Å². The zero-order valence-electron chi connectivity index (χ0n) is 15.6. The summed E-state index contributed by atoms with van der Waals surface area (Å²) < 4.78 is 31.0. The van der Waals surface area contributed by atoms with E-state index in [1.54, 1.807) is 42.5 Å². The summed E-state index contributed by atoms with van der Waals surface area (Å²) in [5, 5.41) is 3.56. The van der Waals surface area contributed by atoms with Crippen LogP contribution in [0.2, 0.25) is 0 Å². The average Bonchev–Trinajstić information content (AvgIpc) is 2.67. The summed E-state index contributed by atoms with van der Waals surface area (Å²) in [6, 6.07) is 16.0. The molecule has 0 aliphatic heterocycles. The highest BCUT2D eigenvalue weighted by Crippen LogP contribution is 2.07. The van der Waals surface area contributed by atoms with E-state index in [4.69, 9.17) is 4.74 Å². The molecule has 7 nitrogen and oxygen atoms in total. The van der Waals surface area contributed by atoms with Gasteiger partial charge in [0.05, 0.1) is 0 Å². The van der Waals surface area contributed by atoms with E-state index in [9.17, 15) is 18.0 Å². The van der Waals surface area contributed by atoms with Gasteiger partial charge in [0, 0.05) is 11.1 Å². The molecular weight excluding hydrogens is 380 g/mol. The summed E-state index contributed by atoms with van der Waals surface area (Å²) >= 11 is 0. The maximum Gasteiger partial charge on any atom is 0.321 e. The van der Waals surface area contributed by atoms with Crippen molar-refractivity contribution >= 4 is 33.7 Å². The van der Waals surface area contributed by atoms with Gasteiger partial charge in [-0.25, -0.2) is 13.1 Å². The summed E-state index contributed by atoms with van der Waals surface area (Å²) in [5.74, 6) is -1.37. The van der Waals surface area contributed by atoms with Gasteiger partial charge in [-0.1, -0.05) is 48.0 Å². The summed E-state index contributed by atoms with van der Waals surface area (Å²) in [7, 11) is -3.82. The average molecular weight is 402 g/mol. The maximum atomic E-state index is 12.0. The number of benzene rings is 2. The van der Waals surface area contributed by atoms with Gasteiger partial charge in [0.2, 0.25) is 10.0 Å². The minimum atomic E-state index is -3.82. The number of ether oxygens (including phenoxy) is 1. The number of aryl methyl sites for hydroxylation is 1. The first-order valence-electron chi connectivity index (χ1n) is 8.55. The number of sulfonamides is 1. The van der Waals surface area contributed by atoms with E-state index in [0.717, 1.165) is 11.0 Å². The van der Waals surface area contributed by atoms with Crippen molar-refractivity contribution in [3.05, 3.63) is 71.1 Å². The Hall–Kier alpha value is -2.97. The van der Waals surface area contributed by atoms with Gasteiger partial charge in [0.15, 0.2) is 6.10 Å². The number of rotatable bonds is 8. The Morgan fingerprint density at radius 3 is 2.36 bits per heavy atom. The summed E-state index contributed by atoms with van der Waals surface area (Å²) in [4.78, 5) is 23.8. The van der Waals surface area contributed by atoms with Crippen LogP contribution in [0.1, 0.15) is 18.1 Å². The second kappa shape index (κ2) is 9.82. The number of esters is 1. The molecule has 2 N–H and O–H groups in total. The number of nitrogens with one attached hydrogen (secondary N) is 2. The van der Waals surface area contributed by atoms with Crippen LogP contribution in [0.4, 0.5) is 5.69 Å². The van der Waals surface area contributed by atoms with Gasteiger partial charge in [-0.05, 0) is 37.6 Å². The summed E-state index contributed by atoms with van der Waals surface area (Å²) in [5.41, 5.74) is 2.34. The van der Waals surface area contributed by atoms with Crippen LogP contribution in [-0.4, -0.2) is 32.9 Å². The fourth-order valence-electron chi connectivity index (χ4n) is 2.11. The molecule has 0 aliphatic rings. The Morgan fingerprint density at radius 1 is 1.07 bits per heavy atom. The third-order valence-electron chi connectivity index (χ3n) is 3.65. The van der Waals surface area contributed by atoms with Crippen LogP contribution in [0.3, 0.4) is 0 Å². The van der Waals surface area contributed by atoms with Gasteiger partial charge in [-0.2, -0.15) is 0 Å². The molecule has 0 saturated carbocycles. The van der Waals surface area contributed by atoms with Crippen molar-refractivity contribution in [1.82, 2.24) is 4.72 Å². The maximum absolute atomic E-state index is 12.0. The number of para-hydroxylation sites is 1. The molecular formula is C20H22N2O5S. The predicted octanol–water partition coefficient (Wildman–Crippen LogP) is 2.46. The molecule has 1 amide bonds. The first-order chi connectivity index (χ1) is 13.2. The van der Waals surface area contributed by atoms with Gasteiger partial charge in [0.1, 0.15) is 6.54 Å². The van der Waals surface area contributed by atoms with E-state index in [1.165, 1.54) is 13.0 Å². The molecule has 2 aromatic rings. The van der Waals surface area contributed by atoms with Crippen LogP contribution in [0.5, 0.6) is 0 Å². The lowest BCUT2D eigenvalue weighted by atomic mass is 10.2. The number of amides is 1. The molecule has 8 heteroatoms. The molecule has 0 fully saturated rings. The van der Waals surface area contributed by atoms with E-state index in [0.29, 0.717) is 11.3 Å². The molecule has 0 aromatic heterocycles. The third kappa shape index (κ3) is 7.34. The van der Waals surface area contributed by atoms with Crippen LogP contribution in [0.15, 0.2) is 60.0 Å². The van der Waals surface area contributed by atoms with E-state index in [-0.39, 0.29) is 0 Å². The molecule has 0 unspecified atom stereocenters. The molecule has 0 aliphatic carbocycles. The molecule has 0 spiro atoms. The lowest BCUT2D eigenvalue weighted by molar-refractivity contribution is -0.151. The van der Waals surface area contributed by atoms with E-state index < -0.39 is 34.5 Å². The highest BCUT2D eigenvalue weighted by molar-refractivity contribution is 7.92. The molecule has 2 aromatic carbocycles. The predicted molar refractivity (Wildman–Crippen MR) is 108 cm³/mol. The van der Waals surface area contributed by atoms with Crippen LogP contribution in [-0.2, 0) is 24.3 Å². The van der Waals surface area contributed by atoms with E-state index >= 15 is 0 Å². The molecule has 0 saturated heterocycles. The van der Waals surface area contributed by atoms with E-state index in [2.05, 4.69) is 10.0 Å². The monoisotopic (exact) mass is 402 g/mol. The molecule has 148 valence electrons. The lowest BCUT2D eigenvalue weighted by Gasteiger charge is -2.13. The van der Waals surface area contributed by atoms with Crippen LogP contribution in [0.25, 0.3) is 6.08 Å². The zero-order valence-corrected chi connectivity index (χ0v) is 16.4. The van der Waals surface area contributed by atoms with Crippen molar-refractivity contribution in [3.63, 3.8) is 0 Å². The number of carbonyl (C=O) groups is 2. The van der Waals surface area contributed by atoms with Crippen molar-refractivity contribution < 1.29 is 22.7 Å². The van der Waals surface area contributed by atoms with Gasteiger partial charge in [-0.15, -0.1) is 0 Å². The van der Waals surface area contributed by atoms with E-state index in [1.807, 2.05) is 19.1 Å². The Balaban J connectivity index is 1.81. The molecule has 28 heavy (non-hydrogen) atoms. The molecule has 0 heterocycles. The third-order valence-corrected chi connectivity index (χ3v) is 4.69. The summed E-state index contributed by atoms with van der Waals surface area (Å²) in [6.45, 7) is 2.75. The Bertz CT molecular complexity index is 938. The fraction of sp³-hybridized carbons (Fsp3) is 0.200. The van der Waals surface area contributed by atoms with Gasteiger partial charge in [-0.3, -0.25) is 9.59 Å². The largest absolute Gasteiger partial charge is 0.452 e. The molecule has 0 bridgehead atoms. The van der Waals surface area contributed by atoms with Crippen LogP contribution in [0, 0.1) is 6.92 Å². The highest BCUT2D eigenvalue weighted by atomic mass is 32.2. The Labute approximate surface area is 164 Å². The minimum absolute atomic E-state index is 0.512. The first kappa shape index (κ1) is 21.3. The molecule has 2 rings (SSSR count). The first-order valence-corrected chi connectivity index (χ1v) is 10.1. The number of carbonyl (C=O) groups excluding carboxylic acids is 2. The van der Waals surface area contributed by atoms with Gasteiger partial charge in [0.25, 0.3) is 5.91 Å². The SMILES string of the molecule is Cc1ccc(/C=C/S(=O)(=O)NCC(=O)O[C@@H](C)C(=O)Nc2ccccc2)cc1. The van der Waals surface area contributed by atoms with Crippen LogP contribution >= 0.6 is 0 Å². The summed E-state index contributed by atoms with van der Waals surface area (Å²) in [6.07, 6.45) is 0.351. The standard InChI is InChI=1S/C20H22N2O5S/c1-15-8-10-17(11-9-15)12-13-28(25,26)21-14-19(23)27-16(2)20(24)22-18-6-4-3-5-7-18/h3-13,16,21H,14H2,1-2H3,(H,22,24)/b13-12+/t16-/m0/s1. The minimum Gasteiger partial charge on any atom is -0.452 e. The van der Waals surface area contributed by atoms with Gasteiger partial charge < -0.3 is 10.1 Å². The van der Waals surface area contributed by atoms with Crippen LogP contribution < -0.4 is 10.0 Å². The highest BCUT2D eigenvalue weighted by Gasteiger charge is 2.19. The van der Waals surface area contributed by atoms with Crippen molar-refractivity contribution in [1.29, 1.82) is 0 Å². The van der Waals surface area contributed by atoms with Crippen molar-refractivity contribution in [2.24, 2.45) is 0 Å². The second-order valence-corrected chi connectivity index (χ2v) is 7.72.